The number of nitriles is 4. The zero-order valence-corrected chi connectivity index (χ0v) is 35.7. The molecule has 0 amide bonds. The number of aromatic nitrogens is 2. The van der Waals surface area contributed by atoms with Crippen molar-refractivity contribution in [3.05, 3.63) is 216 Å². The molecule has 0 N–H and O–H groups in total. The minimum Gasteiger partial charge on any atom is -0.309 e. The number of halogens is 3. The Balaban J connectivity index is 1.21. The van der Waals surface area contributed by atoms with Crippen molar-refractivity contribution in [3.63, 3.8) is 0 Å². The largest absolute Gasteiger partial charge is 0.417 e. The predicted octanol–water partition coefficient (Wildman–Crippen LogP) is 15.1. The van der Waals surface area contributed by atoms with E-state index in [0.717, 1.165) is 77.6 Å². The summed E-state index contributed by atoms with van der Waals surface area (Å²) >= 11 is 0. The van der Waals surface area contributed by atoms with E-state index < -0.39 is 11.7 Å². The van der Waals surface area contributed by atoms with Gasteiger partial charge in [0.15, 0.2) is 0 Å². The summed E-state index contributed by atoms with van der Waals surface area (Å²) in [6.07, 6.45) is -4.76. The second-order valence-corrected chi connectivity index (χ2v) is 16.5. The molecule has 0 saturated heterocycles. The molecule has 9 heteroatoms. The highest BCUT2D eigenvalue weighted by Gasteiger charge is 2.34. The monoisotopic (exact) mass is 880 g/mol. The van der Waals surface area contributed by atoms with Gasteiger partial charge in [-0.25, -0.2) is 0 Å². The minimum atomic E-state index is -4.76. The number of alkyl halides is 3. The van der Waals surface area contributed by atoms with Crippen molar-refractivity contribution in [2.75, 3.05) is 0 Å². The Hall–Kier alpha value is -9.67. The van der Waals surface area contributed by atoms with Gasteiger partial charge in [-0.3, -0.25) is 0 Å². The van der Waals surface area contributed by atoms with Crippen LogP contribution in [-0.4, -0.2) is 9.13 Å². The molecule has 2 heterocycles. The number of hydrogen-bond donors (Lipinski definition) is 0. The van der Waals surface area contributed by atoms with E-state index in [2.05, 4.69) is 51.6 Å². The van der Waals surface area contributed by atoms with Gasteiger partial charge in [-0.05, 0) is 130 Å². The highest BCUT2D eigenvalue weighted by atomic mass is 19.4. The molecule has 11 rings (SSSR count). The second kappa shape index (κ2) is 16.1. The SMILES string of the molecule is N#Cc1ccc(-c2ccc3c(c2)c2ccccc2n3-c2ccc(C#N)cc2-c2ccc(-c3ccc(C#N)cc3C(F)(F)F)cc2-n2c3ccccc3c3cc(-c4ccc(C#N)cc4)ccc32)cc1. The molecule has 2 aromatic heterocycles. The summed E-state index contributed by atoms with van der Waals surface area (Å²) in [7, 11) is 0. The molecule has 0 spiro atoms. The molecule has 11 aromatic rings. The van der Waals surface area contributed by atoms with Crippen LogP contribution < -0.4 is 0 Å². The predicted molar refractivity (Wildman–Crippen MR) is 261 cm³/mol. The van der Waals surface area contributed by atoms with Crippen LogP contribution in [0.15, 0.2) is 188 Å². The van der Waals surface area contributed by atoms with Crippen LogP contribution in [0.4, 0.5) is 13.2 Å². The van der Waals surface area contributed by atoms with Crippen LogP contribution in [0.1, 0.15) is 27.8 Å². The second-order valence-electron chi connectivity index (χ2n) is 16.5. The van der Waals surface area contributed by atoms with E-state index in [0.29, 0.717) is 33.5 Å². The summed E-state index contributed by atoms with van der Waals surface area (Å²) in [6, 6.07) is 66.1. The lowest BCUT2D eigenvalue weighted by molar-refractivity contribution is -0.137. The fourth-order valence-corrected chi connectivity index (χ4v) is 9.53. The standard InChI is InChI=1S/C59H31F3N6/c60-59(61,62)52-28-39(35-66)13-22-45(52)44-19-23-48(58(31-44)68-54-8-4-2-6-47(54)51-30-43(21-26-57(51)68)41-17-11-37(33-64)12-18-41)49-27-38(34-65)14-24-55(49)67-53-7-3-1-5-46(53)50-29-42(20-25-56(50)67)40-15-9-36(32-63)10-16-40/h1-31H. The number of hydrogen-bond acceptors (Lipinski definition) is 4. The molecule has 318 valence electrons. The Morgan fingerprint density at radius 1 is 0.324 bits per heavy atom. The molecule has 0 aliphatic heterocycles. The number of para-hydroxylation sites is 2. The lowest BCUT2D eigenvalue weighted by atomic mass is 9.92. The molecule has 6 nitrogen and oxygen atoms in total. The molecular formula is C59H31F3N6. The van der Waals surface area contributed by atoms with Crippen LogP contribution in [0.2, 0.25) is 0 Å². The summed E-state index contributed by atoms with van der Waals surface area (Å²) in [4.78, 5) is 0. The number of fused-ring (bicyclic) bond motifs is 6. The molecule has 0 unspecified atom stereocenters. The van der Waals surface area contributed by atoms with E-state index in [1.807, 2.05) is 109 Å². The van der Waals surface area contributed by atoms with Gasteiger partial charge in [-0.15, -0.1) is 0 Å². The van der Waals surface area contributed by atoms with Gasteiger partial charge in [0.25, 0.3) is 0 Å². The van der Waals surface area contributed by atoms with Crippen molar-refractivity contribution in [2.24, 2.45) is 0 Å². The molecule has 0 bridgehead atoms. The van der Waals surface area contributed by atoms with Crippen molar-refractivity contribution in [1.82, 2.24) is 9.13 Å². The molecule has 9 aromatic carbocycles. The first-order valence-electron chi connectivity index (χ1n) is 21.5. The fourth-order valence-electron chi connectivity index (χ4n) is 9.53. The van der Waals surface area contributed by atoms with Crippen LogP contribution >= 0.6 is 0 Å². The van der Waals surface area contributed by atoms with E-state index >= 15 is 0 Å². The van der Waals surface area contributed by atoms with Gasteiger partial charge in [0, 0.05) is 32.7 Å². The molecule has 0 atom stereocenters. The molecule has 0 saturated carbocycles. The Bertz CT molecular complexity index is 4050. The van der Waals surface area contributed by atoms with Gasteiger partial charge in [-0.2, -0.15) is 34.2 Å². The minimum absolute atomic E-state index is 0.0837. The number of rotatable bonds is 6. The third-order valence-electron chi connectivity index (χ3n) is 12.7. The normalized spacial score (nSPS) is 11.4. The molecule has 0 radical (unpaired) electrons. The zero-order chi connectivity index (χ0) is 46.7. The van der Waals surface area contributed by atoms with Crippen molar-refractivity contribution >= 4 is 43.6 Å². The third-order valence-corrected chi connectivity index (χ3v) is 12.7. The first kappa shape index (κ1) is 41.1. The molecule has 0 aliphatic rings. The third kappa shape index (κ3) is 6.79. The molecule has 0 fully saturated rings. The van der Waals surface area contributed by atoms with E-state index in [9.17, 15) is 34.2 Å². The Kier molecular flexibility index (Phi) is 9.72. The summed E-state index contributed by atoms with van der Waals surface area (Å²) in [5, 5.41) is 42.8. The van der Waals surface area contributed by atoms with E-state index in [4.69, 9.17) is 0 Å². The first-order chi connectivity index (χ1) is 33.1. The average molecular weight is 881 g/mol. The van der Waals surface area contributed by atoms with Gasteiger partial charge in [0.05, 0.1) is 85.5 Å². The Morgan fingerprint density at radius 2 is 0.750 bits per heavy atom. The molecular weight excluding hydrogens is 850 g/mol. The maximum absolute atomic E-state index is 14.9. The number of benzene rings is 9. The van der Waals surface area contributed by atoms with Crippen LogP contribution in [0, 0.1) is 45.3 Å². The maximum atomic E-state index is 14.9. The van der Waals surface area contributed by atoms with E-state index in [-0.39, 0.29) is 16.7 Å². The van der Waals surface area contributed by atoms with Crippen LogP contribution in [0.25, 0.3) is 99.5 Å². The zero-order valence-electron chi connectivity index (χ0n) is 35.7. The molecule has 68 heavy (non-hydrogen) atoms. The topological polar surface area (TPSA) is 105 Å². The van der Waals surface area contributed by atoms with Crippen molar-refractivity contribution in [1.29, 1.82) is 21.0 Å². The van der Waals surface area contributed by atoms with Crippen molar-refractivity contribution < 1.29 is 13.2 Å². The fraction of sp³-hybridized carbons (Fsp3) is 0.0169. The summed E-state index contributed by atoms with van der Waals surface area (Å²) in [5.74, 6) is 0. The van der Waals surface area contributed by atoms with Gasteiger partial charge in [-0.1, -0.05) is 91.0 Å². The van der Waals surface area contributed by atoms with Gasteiger partial charge < -0.3 is 9.13 Å². The quantitative estimate of drug-likeness (QED) is 0.166. The summed E-state index contributed by atoms with van der Waals surface area (Å²) < 4.78 is 49.0. The van der Waals surface area contributed by atoms with Crippen molar-refractivity contribution in [3.8, 4) is 80.2 Å². The van der Waals surface area contributed by atoms with E-state index in [1.54, 1.807) is 42.5 Å². The lowest BCUT2D eigenvalue weighted by Gasteiger charge is -2.21. The lowest BCUT2D eigenvalue weighted by Crippen LogP contribution is -2.08. The summed E-state index contributed by atoms with van der Waals surface area (Å²) in [5.41, 5.74) is 10.5. The van der Waals surface area contributed by atoms with Gasteiger partial charge in [0.2, 0.25) is 0 Å². The van der Waals surface area contributed by atoms with Crippen molar-refractivity contribution in [2.45, 2.75) is 6.18 Å². The van der Waals surface area contributed by atoms with Gasteiger partial charge >= 0.3 is 6.18 Å². The first-order valence-corrected chi connectivity index (χ1v) is 21.5. The van der Waals surface area contributed by atoms with Crippen LogP contribution in [0.3, 0.4) is 0 Å². The number of nitrogens with zero attached hydrogens (tertiary/aromatic N) is 6. The smallest absolute Gasteiger partial charge is 0.309 e. The van der Waals surface area contributed by atoms with Crippen LogP contribution in [0.5, 0.6) is 0 Å². The maximum Gasteiger partial charge on any atom is 0.417 e. The van der Waals surface area contributed by atoms with E-state index in [1.165, 1.54) is 12.1 Å². The summed E-state index contributed by atoms with van der Waals surface area (Å²) in [6.45, 7) is 0. The average Bonchev–Trinajstić information content (AvgIpc) is 3.90. The van der Waals surface area contributed by atoms with Crippen LogP contribution in [-0.2, 0) is 6.18 Å². The van der Waals surface area contributed by atoms with Gasteiger partial charge in [0.1, 0.15) is 0 Å². The highest BCUT2D eigenvalue weighted by Crippen LogP contribution is 2.45. The Morgan fingerprint density at radius 3 is 1.28 bits per heavy atom. The Labute approximate surface area is 387 Å². The molecule has 0 aliphatic carbocycles. The highest BCUT2D eigenvalue weighted by molar-refractivity contribution is 6.13.